The molecule has 0 aliphatic heterocycles. The van der Waals surface area contributed by atoms with Gasteiger partial charge in [0.15, 0.2) is 0 Å². The Bertz CT molecular complexity index is 1080. The number of fused-ring (bicyclic) bond motifs is 1. The lowest BCUT2D eigenvalue weighted by molar-refractivity contribution is 0.102. The maximum atomic E-state index is 12.9. The molecule has 0 bridgehead atoms. The lowest BCUT2D eigenvalue weighted by Gasteiger charge is -2.06. The van der Waals surface area contributed by atoms with Gasteiger partial charge in [-0.1, -0.05) is 60.7 Å². The molecule has 1 amide bonds. The number of amides is 1. The van der Waals surface area contributed by atoms with E-state index in [1.54, 1.807) is 6.07 Å². The van der Waals surface area contributed by atoms with Crippen molar-refractivity contribution in [1.29, 1.82) is 0 Å². The molecule has 0 fully saturated rings. The minimum absolute atomic E-state index is 0.0555. The number of hydrogen-bond donors (Lipinski definition) is 2. The van der Waals surface area contributed by atoms with Crippen LogP contribution in [-0.2, 0) is 13.2 Å². The maximum absolute atomic E-state index is 12.9. The lowest BCUT2D eigenvalue weighted by atomic mass is 10.1. The molecule has 0 aliphatic rings. The molecule has 0 saturated heterocycles. The summed E-state index contributed by atoms with van der Waals surface area (Å²) in [5.74, 6) is -0.159. The van der Waals surface area contributed by atoms with E-state index >= 15 is 0 Å². The number of nitrogens with one attached hydrogen (secondary N) is 1. The number of benzene rings is 3. The first-order valence-corrected chi connectivity index (χ1v) is 8.87. The summed E-state index contributed by atoms with van der Waals surface area (Å²) in [5.41, 5.74) is 4.28. The topological polar surface area (TPSA) is 54.3 Å². The van der Waals surface area contributed by atoms with Crippen LogP contribution in [0.5, 0.6) is 0 Å². The highest BCUT2D eigenvalue weighted by Gasteiger charge is 2.15. The Morgan fingerprint density at radius 1 is 0.889 bits per heavy atom. The molecule has 134 valence electrons. The molecule has 4 nitrogen and oxygen atoms in total. The summed E-state index contributed by atoms with van der Waals surface area (Å²) in [5, 5.41) is 13.1. The first-order valence-electron chi connectivity index (χ1n) is 8.87. The average molecular weight is 356 g/mol. The van der Waals surface area contributed by atoms with E-state index in [-0.39, 0.29) is 12.5 Å². The van der Waals surface area contributed by atoms with E-state index in [1.807, 2.05) is 66.9 Å². The summed E-state index contributed by atoms with van der Waals surface area (Å²) in [6, 6.07) is 25.3. The largest absolute Gasteiger partial charge is 0.392 e. The smallest absolute Gasteiger partial charge is 0.257 e. The molecule has 3 aromatic carbocycles. The van der Waals surface area contributed by atoms with Crippen LogP contribution in [0.2, 0.25) is 0 Å². The predicted molar refractivity (Wildman–Crippen MR) is 108 cm³/mol. The van der Waals surface area contributed by atoms with Crippen molar-refractivity contribution in [3.8, 4) is 0 Å². The number of para-hydroxylation sites is 1. The fourth-order valence-corrected chi connectivity index (χ4v) is 3.28. The summed E-state index contributed by atoms with van der Waals surface area (Å²) >= 11 is 0. The number of rotatable bonds is 5. The maximum Gasteiger partial charge on any atom is 0.257 e. The van der Waals surface area contributed by atoms with E-state index < -0.39 is 0 Å². The third-order valence-corrected chi connectivity index (χ3v) is 4.60. The molecule has 0 spiro atoms. The van der Waals surface area contributed by atoms with E-state index in [0.717, 1.165) is 16.5 Å². The molecule has 0 unspecified atom stereocenters. The second-order valence-electron chi connectivity index (χ2n) is 6.49. The molecule has 0 radical (unpaired) electrons. The molecular formula is C23H20N2O2. The van der Waals surface area contributed by atoms with Gasteiger partial charge >= 0.3 is 0 Å². The average Bonchev–Trinajstić information content (AvgIpc) is 3.08. The third kappa shape index (κ3) is 3.61. The van der Waals surface area contributed by atoms with Crippen molar-refractivity contribution in [1.82, 2.24) is 4.57 Å². The number of aromatic nitrogens is 1. The lowest BCUT2D eigenvalue weighted by Crippen LogP contribution is -2.11. The molecule has 0 aliphatic carbocycles. The highest BCUT2D eigenvalue weighted by molar-refractivity contribution is 6.13. The van der Waals surface area contributed by atoms with Gasteiger partial charge in [0.05, 0.1) is 12.2 Å². The van der Waals surface area contributed by atoms with Crippen LogP contribution < -0.4 is 5.32 Å². The van der Waals surface area contributed by atoms with Crippen LogP contribution in [0.15, 0.2) is 85.1 Å². The van der Waals surface area contributed by atoms with E-state index in [0.29, 0.717) is 17.8 Å². The number of carbonyl (C=O) groups excluding carboxylic acids is 1. The van der Waals surface area contributed by atoms with Gasteiger partial charge in [-0.2, -0.15) is 0 Å². The van der Waals surface area contributed by atoms with Crippen LogP contribution in [0.1, 0.15) is 21.5 Å². The number of hydrogen-bond acceptors (Lipinski definition) is 2. The van der Waals surface area contributed by atoms with Gasteiger partial charge in [-0.05, 0) is 29.3 Å². The quantitative estimate of drug-likeness (QED) is 0.556. The zero-order valence-corrected chi connectivity index (χ0v) is 14.8. The molecule has 4 aromatic rings. The Hall–Kier alpha value is -3.37. The molecule has 0 atom stereocenters. The van der Waals surface area contributed by atoms with E-state index in [2.05, 4.69) is 22.0 Å². The highest BCUT2D eigenvalue weighted by atomic mass is 16.3. The van der Waals surface area contributed by atoms with Crippen LogP contribution in [0.25, 0.3) is 10.9 Å². The monoisotopic (exact) mass is 356 g/mol. The predicted octanol–water partition coefficient (Wildman–Crippen LogP) is 4.43. The summed E-state index contributed by atoms with van der Waals surface area (Å²) in [7, 11) is 0. The van der Waals surface area contributed by atoms with Crippen LogP contribution >= 0.6 is 0 Å². The van der Waals surface area contributed by atoms with Gasteiger partial charge in [0.1, 0.15) is 0 Å². The Labute approximate surface area is 157 Å². The Balaban J connectivity index is 1.68. The second-order valence-corrected chi connectivity index (χ2v) is 6.49. The van der Waals surface area contributed by atoms with Crippen molar-refractivity contribution in [2.75, 3.05) is 5.32 Å². The van der Waals surface area contributed by atoms with Crippen LogP contribution in [0.4, 0.5) is 5.69 Å². The zero-order valence-electron chi connectivity index (χ0n) is 14.8. The van der Waals surface area contributed by atoms with Crippen molar-refractivity contribution in [3.63, 3.8) is 0 Å². The van der Waals surface area contributed by atoms with Gasteiger partial charge in [-0.3, -0.25) is 4.79 Å². The van der Waals surface area contributed by atoms with Crippen molar-refractivity contribution in [2.45, 2.75) is 13.2 Å². The van der Waals surface area contributed by atoms with Crippen molar-refractivity contribution in [3.05, 3.63) is 102 Å². The molecule has 4 rings (SSSR count). The van der Waals surface area contributed by atoms with Crippen LogP contribution in [0, 0.1) is 0 Å². The molecule has 27 heavy (non-hydrogen) atoms. The Morgan fingerprint density at radius 2 is 1.63 bits per heavy atom. The number of anilines is 1. The summed E-state index contributed by atoms with van der Waals surface area (Å²) in [6.45, 7) is 0.648. The molecule has 2 N–H and O–H groups in total. The Morgan fingerprint density at radius 3 is 2.44 bits per heavy atom. The van der Waals surface area contributed by atoms with Crippen molar-refractivity contribution in [2.24, 2.45) is 0 Å². The minimum atomic E-state index is -0.159. The normalized spacial score (nSPS) is 10.9. The van der Waals surface area contributed by atoms with Crippen LogP contribution in [-0.4, -0.2) is 15.6 Å². The fourth-order valence-electron chi connectivity index (χ4n) is 3.28. The SMILES string of the molecule is O=C(Nc1cccc(CO)c1)c1cn(Cc2ccccc2)c2ccccc12. The number of carbonyl (C=O) groups is 1. The van der Waals surface area contributed by atoms with Crippen LogP contribution in [0.3, 0.4) is 0 Å². The van der Waals surface area contributed by atoms with Gasteiger partial charge in [0.25, 0.3) is 5.91 Å². The summed E-state index contributed by atoms with van der Waals surface area (Å²) in [6.07, 6.45) is 1.91. The van der Waals surface area contributed by atoms with Crippen molar-refractivity contribution >= 4 is 22.5 Å². The molecule has 0 saturated carbocycles. The van der Waals surface area contributed by atoms with Gasteiger partial charge in [0.2, 0.25) is 0 Å². The van der Waals surface area contributed by atoms with E-state index in [4.69, 9.17) is 0 Å². The first kappa shape index (κ1) is 17.1. The molecule has 1 heterocycles. The standard InChI is InChI=1S/C23H20N2O2/c26-16-18-9-6-10-19(13-18)24-23(27)21-15-25(14-17-7-2-1-3-8-17)22-12-5-4-11-20(21)22/h1-13,15,26H,14,16H2,(H,24,27). The molecular weight excluding hydrogens is 336 g/mol. The first-order chi connectivity index (χ1) is 13.2. The number of aliphatic hydroxyl groups excluding tert-OH is 1. The van der Waals surface area contributed by atoms with Gasteiger partial charge < -0.3 is 15.0 Å². The van der Waals surface area contributed by atoms with E-state index in [1.165, 1.54) is 5.56 Å². The van der Waals surface area contributed by atoms with Crippen molar-refractivity contribution < 1.29 is 9.90 Å². The highest BCUT2D eigenvalue weighted by Crippen LogP contribution is 2.24. The van der Waals surface area contributed by atoms with Gasteiger partial charge in [-0.15, -0.1) is 0 Å². The minimum Gasteiger partial charge on any atom is -0.392 e. The van der Waals surface area contributed by atoms with Gasteiger partial charge in [0, 0.05) is 29.3 Å². The second kappa shape index (κ2) is 7.48. The number of aliphatic hydroxyl groups is 1. The number of nitrogens with zero attached hydrogens (tertiary/aromatic N) is 1. The van der Waals surface area contributed by atoms with Gasteiger partial charge in [-0.25, -0.2) is 0 Å². The summed E-state index contributed by atoms with van der Waals surface area (Å²) in [4.78, 5) is 12.9. The molecule has 1 aromatic heterocycles. The Kier molecular flexibility index (Phi) is 4.73. The zero-order chi connectivity index (χ0) is 18.6. The third-order valence-electron chi connectivity index (χ3n) is 4.60. The summed E-state index contributed by atoms with van der Waals surface area (Å²) < 4.78 is 2.10. The fraction of sp³-hybridized carbons (Fsp3) is 0.0870. The van der Waals surface area contributed by atoms with E-state index in [9.17, 15) is 9.90 Å². The molecule has 4 heteroatoms.